The molecule has 0 aliphatic heterocycles. The first-order chi connectivity index (χ1) is 10.8. The average Bonchev–Trinajstić information content (AvgIpc) is 2.78. The molecule has 1 saturated carbocycles. The molecule has 0 bridgehead atoms. The average molecular weight is 304 g/mol. The Labute approximate surface area is 133 Å². The molecule has 0 atom stereocenters. The molecule has 1 fully saturated rings. The van der Waals surface area contributed by atoms with Crippen molar-refractivity contribution in [1.82, 2.24) is 5.32 Å². The molecule has 0 aromatic heterocycles. The molecule has 1 aliphatic rings. The number of carbonyl (C=O) groups excluding carboxylic acids is 1. The van der Waals surface area contributed by atoms with Crippen LogP contribution in [0.3, 0.4) is 0 Å². The highest BCUT2D eigenvalue weighted by Gasteiger charge is 2.12. The minimum absolute atomic E-state index is 0.0354. The van der Waals surface area contributed by atoms with Gasteiger partial charge in [-0.15, -0.1) is 0 Å². The van der Waals surface area contributed by atoms with Crippen molar-refractivity contribution in [2.24, 2.45) is 0 Å². The Morgan fingerprint density at radius 2 is 1.91 bits per heavy atom. The van der Waals surface area contributed by atoms with Crippen molar-refractivity contribution < 1.29 is 9.53 Å². The van der Waals surface area contributed by atoms with Crippen LogP contribution in [0.5, 0.6) is 5.75 Å². The molecule has 0 unspecified atom stereocenters. The Bertz CT molecular complexity index is 454. The molecule has 2 rings (SSSR count). The first-order valence-corrected chi connectivity index (χ1v) is 8.54. The van der Waals surface area contributed by atoms with E-state index in [-0.39, 0.29) is 5.91 Å². The van der Waals surface area contributed by atoms with Gasteiger partial charge in [0.25, 0.3) is 0 Å². The number of anilines is 1. The smallest absolute Gasteiger partial charge is 0.225 e. The molecule has 0 saturated heterocycles. The monoisotopic (exact) mass is 304 g/mol. The minimum atomic E-state index is 0.0354. The third-order valence-corrected chi connectivity index (χ3v) is 4.10. The summed E-state index contributed by atoms with van der Waals surface area (Å²) in [5, 5.41) is 6.47. The molecule has 1 aliphatic carbocycles. The predicted molar refractivity (Wildman–Crippen MR) is 90.4 cm³/mol. The van der Waals surface area contributed by atoms with Crippen molar-refractivity contribution in [2.75, 3.05) is 18.5 Å². The van der Waals surface area contributed by atoms with Gasteiger partial charge in [0, 0.05) is 19.0 Å². The largest absolute Gasteiger partial charge is 0.492 e. The first-order valence-electron chi connectivity index (χ1n) is 8.54. The number of ether oxygens (including phenoxy) is 1. The zero-order valence-corrected chi connectivity index (χ0v) is 13.6. The third-order valence-electron chi connectivity index (χ3n) is 4.10. The van der Waals surface area contributed by atoms with Gasteiger partial charge < -0.3 is 15.4 Å². The second-order valence-electron chi connectivity index (χ2n) is 5.87. The SMILES string of the molecule is CCOc1ccccc1NC(=O)CCNC1CCCCCC1. The first kappa shape index (κ1) is 16.8. The highest BCUT2D eigenvalue weighted by atomic mass is 16.5. The number of benzene rings is 1. The molecule has 4 nitrogen and oxygen atoms in total. The number of hydrogen-bond donors (Lipinski definition) is 2. The highest BCUT2D eigenvalue weighted by molar-refractivity contribution is 5.92. The number of para-hydroxylation sites is 2. The summed E-state index contributed by atoms with van der Waals surface area (Å²) in [7, 11) is 0. The fourth-order valence-electron chi connectivity index (χ4n) is 2.94. The van der Waals surface area contributed by atoms with Crippen LogP contribution in [0.4, 0.5) is 5.69 Å². The Hall–Kier alpha value is -1.55. The zero-order chi connectivity index (χ0) is 15.6. The summed E-state index contributed by atoms with van der Waals surface area (Å²) in [4.78, 5) is 12.1. The van der Waals surface area contributed by atoms with Crippen LogP contribution < -0.4 is 15.4 Å². The lowest BCUT2D eigenvalue weighted by Gasteiger charge is -2.16. The summed E-state index contributed by atoms with van der Waals surface area (Å²) in [5.41, 5.74) is 0.754. The van der Waals surface area contributed by atoms with Crippen molar-refractivity contribution in [3.05, 3.63) is 24.3 Å². The molecule has 1 amide bonds. The van der Waals surface area contributed by atoms with Gasteiger partial charge in [-0.05, 0) is 31.9 Å². The molecule has 2 N–H and O–H groups in total. The fraction of sp³-hybridized carbons (Fsp3) is 0.611. The molecule has 122 valence electrons. The van der Waals surface area contributed by atoms with Gasteiger partial charge in [-0.25, -0.2) is 0 Å². The Balaban J connectivity index is 1.73. The Kier molecular flexibility index (Phi) is 7.23. The molecular weight excluding hydrogens is 276 g/mol. The van der Waals surface area contributed by atoms with Gasteiger partial charge >= 0.3 is 0 Å². The van der Waals surface area contributed by atoms with Crippen LogP contribution >= 0.6 is 0 Å². The number of nitrogens with one attached hydrogen (secondary N) is 2. The Morgan fingerprint density at radius 3 is 2.64 bits per heavy atom. The van der Waals surface area contributed by atoms with E-state index >= 15 is 0 Å². The normalized spacial score (nSPS) is 16.0. The van der Waals surface area contributed by atoms with Crippen LogP contribution in [0.25, 0.3) is 0 Å². The topological polar surface area (TPSA) is 50.4 Å². The van der Waals surface area contributed by atoms with Crippen molar-refractivity contribution >= 4 is 11.6 Å². The van der Waals surface area contributed by atoms with E-state index in [0.29, 0.717) is 19.1 Å². The maximum Gasteiger partial charge on any atom is 0.225 e. The van der Waals surface area contributed by atoms with E-state index in [9.17, 15) is 4.79 Å². The van der Waals surface area contributed by atoms with Gasteiger partial charge in [0.1, 0.15) is 5.75 Å². The number of carbonyl (C=O) groups is 1. The fourth-order valence-corrected chi connectivity index (χ4v) is 2.94. The van der Waals surface area contributed by atoms with Crippen LogP contribution in [-0.4, -0.2) is 25.1 Å². The maximum atomic E-state index is 12.1. The van der Waals surface area contributed by atoms with Gasteiger partial charge in [-0.1, -0.05) is 37.8 Å². The summed E-state index contributed by atoms with van der Waals surface area (Å²) in [6.07, 6.45) is 8.32. The molecule has 1 aromatic carbocycles. The summed E-state index contributed by atoms with van der Waals surface area (Å²) < 4.78 is 5.52. The second kappa shape index (κ2) is 9.46. The lowest BCUT2D eigenvalue weighted by Crippen LogP contribution is -2.31. The summed E-state index contributed by atoms with van der Waals surface area (Å²) in [5.74, 6) is 0.767. The van der Waals surface area contributed by atoms with Crippen LogP contribution in [0.1, 0.15) is 51.9 Å². The molecule has 1 aromatic rings. The number of rotatable bonds is 7. The van der Waals surface area contributed by atoms with Crippen molar-refractivity contribution in [1.29, 1.82) is 0 Å². The van der Waals surface area contributed by atoms with Gasteiger partial charge in [-0.2, -0.15) is 0 Å². The van der Waals surface area contributed by atoms with Crippen LogP contribution in [0, 0.1) is 0 Å². The zero-order valence-electron chi connectivity index (χ0n) is 13.6. The van der Waals surface area contributed by atoms with Gasteiger partial charge in [0.15, 0.2) is 0 Å². The van der Waals surface area contributed by atoms with E-state index in [1.165, 1.54) is 38.5 Å². The lowest BCUT2D eigenvalue weighted by molar-refractivity contribution is -0.116. The van der Waals surface area contributed by atoms with E-state index in [1.54, 1.807) is 0 Å². The molecule has 4 heteroatoms. The summed E-state index contributed by atoms with van der Waals surface area (Å²) >= 11 is 0. The van der Waals surface area contributed by atoms with E-state index in [2.05, 4.69) is 10.6 Å². The van der Waals surface area contributed by atoms with E-state index in [1.807, 2.05) is 31.2 Å². The van der Waals surface area contributed by atoms with E-state index in [4.69, 9.17) is 4.74 Å². The second-order valence-corrected chi connectivity index (χ2v) is 5.87. The van der Waals surface area contributed by atoms with Crippen LogP contribution in [0.2, 0.25) is 0 Å². The van der Waals surface area contributed by atoms with E-state index < -0.39 is 0 Å². The lowest BCUT2D eigenvalue weighted by atomic mass is 10.1. The summed E-state index contributed by atoms with van der Waals surface area (Å²) in [6.45, 7) is 3.28. The van der Waals surface area contributed by atoms with E-state index in [0.717, 1.165) is 18.0 Å². The van der Waals surface area contributed by atoms with Crippen LogP contribution in [0.15, 0.2) is 24.3 Å². The van der Waals surface area contributed by atoms with Gasteiger partial charge in [0.2, 0.25) is 5.91 Å². The minimum Gasteiger partial charge on any atom is -0.492 e. The van der Waals surface area contributed by atoms with Crippen molar-refractivity contribution in [3.8, 4) is 5.75 Å². The van der Waals surface area contributed by atoms with Gasteiger partial charge in [-0.3, -0.25) is 4.79 Å². The Morgan fingerprint density at radius 1 is 1.18 bits per heavy atom. The molecule has 0 spiro atoms. The quantitative estimate of drug-likeness (QED) is 0.755. The van der Waals surface area contributed by atoms with Crippen molar-refractivity contribution in [3.63, 3.8) is 0 Å². The predicted octanol–water partition coefficient (Wildman–Crippen LogP) is 3.73. The molecule has 0 heterocycles. The maximum absolute atomic E-state index is 12.1. The summed E-state index contributed by atoms with van der Waals surface area (Å²) in [6, 6.07) is 8.16. The molecule has 0 radical (unpaired) electrons. The standard InChI is InChI=1S/C18H28N2O2/c1-2-22-17-12-8-7-11-16(17)20-18(21)13-14-19-15-9-5-3-4-6-10-15/h7-8,11-12,15,19H,2-6,9-10,13-14H2,1H3,(H,20,21). The third kappa shape index (κ3) is 5.68. The van der Waals surface area contributed by atoms with Gasteiger partial charge in [0.05, 0.1) is 12.3 Å². The molecule has 22 heavy (non-hydrogen) atoms. The number of amides is 1. The highest BCUT2D eigenvalue weighted by Crippen LogP contribution is 2.23. The number of hydrogen-bond acceptors (Lipinski definition) is 3. The van der Waals surface area contributed by atoms with Crippen LogP contribution in [-0.2, 0) is 4.79 Å². The van der Waals surface area contributed by atoms with Crippen molar-refractivity contribution in [2.45, 2.75) is 57.9 Å². The molecular formula is C18H28N2O2.